The molecule has 2 rings (SSSR count). The van der Waals surface area contributed by atoms with Gasteiger partial charge in [0.25, 0.3) is 0 Å². The van der Waals surface area contributed by atoms with Crippen molar-refractivity contribution >= 4 is 0 Å². The normalized spacial score (nSPS) is 10.8. The highest BCUT2D eigenvalue weighted by Gasteiger charge is 2.09. The molecule has 0 saturated heterocycles. The molecule has 3 heteroatoms. The van der Waals surface area contributed by atoms with E-state index < -0.39 is 0 Å². The number of nitrogens with two attached hydrogens (primary N) is 1. The summed E-state index contributed by atoms with van der Waals surface area (Å²) in [6.45, 7) is 5.77. The fourth-order valence-corrected chi connectivity index (χ4v) is 2.06. The quantitative estimate of drug-likeness (QED) is 0.876. The molecule has 0 aliphatic heterocycles. The van der Waals surface area contributed by atoms with Crippen LogP contribution in [0.2, 0.25) is 0 Å². The van der Waals surface area contributed by atoms with Gasteiger partial charge in [-0.15, -0.1) is 0 Å². The van der Waals surface area contributed by atoms with Crippen molar-refractivity contribution in [1.29, 1.82) is 0 Å². The molecule has 90 valence electrons. The molecule has 0 spiro atoms. The summed E-state index contributed by atoms with van der Waals surface area (Å²) in [6.07, 6.45) is 2.94. The lowest BCUT2D eigenvalue weighted by atomic mass is 10.0. The van der Waals surface area contributed by atoms with E-state index in [9.17, 15) is 0 Å². The molecule has 0 saturated carbocycles. The summed E-state index contributed by atoms with van der Waals surface area (Å²) in [4.78, 5) is 0. The van der Waals surface area contributed by atoms with E-state index in [1.54, 1.807) is 0 Å². The molecule has 0 unspecified atom stereocenters. The van der Waals surface area contributed by atoms with Crippen LogP contribution in [-0.4, -0.2) is 9.78 Å². The highest BCUT2D eigenvalue weighted by molar-refractivity contribution is 5.64. The first-order valence-corrected chi connectivity index (χ1v) is 6.08. The first-order chi connectivity index (χ1) is 8.26. The van der Waals surface area contributed by atoms with Crippen molar-refractivity contribution in [3.05, 3.63) is 41.6 Å². The average molecular weight is 229 g/mol. The summed E-state index contributed by atoms with van der Waals surface area (Å²) in [7, 11) is 0. The third-order valence-electron chi connectivity index (χ3n) is 2.91. The predicted octanol–water partition coefficient (Wildman–Crippen LogP) is 2.73. The van der Waals surface area contributed by atoms with Crippen molar-refractivity contribution in [2.45, 2.75) is 33.4 Å². The molecule has 2 aromatic rings. The summed E-state index contributed by atoms with van der Waals surface area (Å²) in [5.41, 5.74) is 10.6. The van der Waals surface area contributed by atoms with Crippen LogP contribution in [0.25, 0.3) is 11.3 Å². The summed E-state index contributed by atoms with van der Waals surface area (Å²) in [5.74, 6) is 0. The lowest BCUT2D eigenvalue weighted by Gasteiger charge is -2.11. The van der Waals surface area contributed by atoms with Gasteiger partial charge in [0.15, 0.2) is 0 Å². The summed E-state index contributed by atoms with van der Waals surface area (Å²) in [5, 5.41) is 4.36. The van der Waals surface area contributed by atoms with Gasteiger partial charge in [0.2, 0.25) is 0 Å². The standard InChI is InChI=1S/C14H19N3/c1-3-8-17-14(6-7-16-17)13-9-11(2)4-5-12(13)10-15/h4-7,9H,3,8,10,15H2,1-2H3. The zero-order valence-corrected chi connectivity index (χ0v) is 10.5. The maximum Gasteiger partial charge on any atom is 0.0685 e. The van der Waals surface area contributed by atoms with Crippen molar-refractivity contribution in [1.82, 2.24) is 9.78 Å². The van der Waals surface area contributed by atoms with Crippen molar-refractivity contribution in [2.24, 2.45) is 5.73 Å². The first kappa shape index (κ1) is 11.9. The smallest absolute Gasteiger partial charge is 0.0685 e. The van der Waals surface area contributed by atoms with E-state index >= 15 is 0 Å². The number of nitrogens with zero attached hydrogens (tertiary/aromatic N) is 2. The summed E-state index contributed by atoms with van der Waals surface area (Å²) >= 11 is 0. The van der Waals surface area contributed by atoms with E-state index in [2.05, 4.69) is 43.2 Å². The second kappa shape index (κ2) is 5.15. The topological polar surface area (TPSA) is 43.8 Å². The Morgan fingerprint density at radius 3 is 2.82 bits per heavy atom. The van der Waals surface area contributed by atoms with Crippen molar-refractivity contribution in [3.63, 3.8) is 0 Å². The fourth-order valence-electron chi connectivity index (χ4n) is 2.06. The van der Waals surface area contributed by atoms with Gasteiger partial charge in [-0.05, 0) is 31.0 Å². The van der Waals surface area contributed by atoms with Crippen LogP contribution >= 0.6 is 0 Å². The van der Waals surface area contributed by atoms with Gasteiger partial charge in [0.1, 0.15) is 0 Å². The lowest BCUT2D eigenvalue weighted by Crippen LogP contribution is -2.05. The van der Waals surface area contributed by atoms with Crippen LogP contribution in [0.15, 0.2) is 30.5 Å². The Kier molecular flexibility index (Phi) is 3.59. The number of aromatic nitrogens is 2. The van der Waals surface area contributed by atoms with E-state index in [1.165, 1.54) is 16.7 Å². The predicted molar refractivity (Wildman–Crippen MR) is 70.6 cm³/mol. The van der Waals surface area contributed by atoms with Crippen LogP contribution in [0, 0.1) is 6.92 Å². The highest BCUT2D eigenvalue weighted by Crippen LogP contribution is 2.24. The van der Waals surface area contributed by atoms with Crippen LogP contribution in [0.3, 0.4) is 0 Å². The van der Waals surface area contributed by atoms with Crippen LogP contribution in [0.5, 0.6) is 0 Å². The van der Waals surface area contributed by atoms with Crippen molar-refractivity contribution < 1.29 is 0 Å². The number of rotatable bonds is 4. The molecular formula is C14H19N3. The largest absolute Gasteiger partial charge is 0.326 e. The van der Waals surface area contributed by atoms with E-state index in [-0.39, 0.29) is 0 Å². The molecule has 2 N–H and O–H groups in total. The maximum atomic E-state index is 5.80. The third kappa shape index (κ3) is 2.39. The van der Waals surface area contributed by atoms with Crippen molar-refractivity contribution in [2.75, 3.05) is 0 Å². The monoisotopic (exact) mass is 229 g/mol. The molecule has 1 aromatic heterocycles. The van der Waals surface area contributed by atoms with E-state index in [0.29, 0.717) is 6.54 Å². The number of hydrogen-bond donors (Lipinski definition) is 1. The Hall–Kier alpha value is -1.61. The molecule has 0 amide bonds. The summed E-state index contributed by atoms with van der Waals surface area (Å²) < 4.78 is 2.05. The Bertz CT molecular complexity index is 500. The molecule has 1 heterocycles. The van der Waals surface area contributed by atoms with Crippen molar-refractivity contribution in [3.8, 4) is 11.3 Å². The van der Waals surface area contributed by atoms with Crippen LogP contribution < -0.4 is 5.73 Å². The van der Waals surface area contributed by atoms with Gasteiger partial charge >= 0.3 is 0 Å². The van der Waals surface area contributed by atoms with E-state index in [4.69, 9.17) is 5.73 Å². The Morgan fingerprint density at radius 2 is 2.12 bits per heavy atom. The van der Waals surface area contributed by atoms with Crippen LogP contribution in [-0.2, 0) is 13.1 Å². The SMILES string of the molecule is CCCn1nccc1-c1cc(C)ccc1CN. The molecule has 0 aliphatic carbocycles. The molecule has 0 atom stereocenters. The van der Waals surface area contributed by atoms with Gasteiger partial charge in [0.05, 0.1) is 5.69 Å². The van der Waals surface area contributed by atoms with E-state index in [1.807, 2.05) is 10.9 Å². The molecule has 0 bridgehead atoms. The van der Waals surface area contributed by atoms with Gasteiger partial charge in [-0.25, -0.2) is 0 Å². The molecule has 17 heavy (non-hydrogen) atoms. The number of aryl methyl sites for hydroxylation is 2. The Morgan fingerprint density at radius 1 is 1.29 bits per heavy atom. The average Bonchev–Trinajstić information content (AvgIpc) is 2.77. The second-order valence-corrected chi connectivity index (χ2v) is 4.30. The highest BCUT2D eigenvalue weighted by atomic mass is 15.3. The minimum atomic E-state index is 0.562. The van der Waals surface area contributed by atoms with Gasteiger partial charge in [-0.3, -0.25) is 4.68 Å². The molecule has 0 radical (unpaired) electrons. The minimum Gasteiger partial charge on any atom is -0.326 e. The third-order valence-corrected chi connectivity index (χ3v) is 2.91. The Labute approximate surface area is 102 Å². The van der Waals surface area contributed by atoms with Crippen LogP contribution in [0.4, 0.5) is 0 Å². The van der Waals surface area contributed by atoms with Gasteiger partial charge in [-0.2, -0.15) is 5.10 Å². The maximum absolute atomic E-state index is 5.80. The molecule has 0 fully saturated rings. The molecule has 0 aliphatic rings. The van der Waals surface area contributed by atoms with Crippen LogP contribution in [0.1, 0.15) is 24.5 Å². The van der Waals surface area contributed by atoms with Gasteiger partial charge in [-0.1, -0.05) is 24.6 Å². The number of hydrogen-bond acceptors (Lipinski definition) is 2. The molecular weight excluding hydrogens is 210 g/mol. The van der Waals surface area contributed by atoms with Gasteiger partial charge < -0.3 is 5.73 Å². The number of benzene rings is 1. The second-order valence-electron chi connectivity index (χ2n) is 4.30. The van der Waals surface area contributed by atoms with E-state index in [0.717, 1.165) is 18.7 Å². The molecule has 1 aromatic carbocycles. The zero-order chi connectivity index (χ0) is 12.3. The first-order valence-electron chi connectivity index (χ1n) is 6.08. The Balaban J connectivity index is 2.51. The summed E-state index contributed by atoms with van der Waals surface area (Å²) in [6, 6.07) is 8.45. The lowest BCUT2D eigenvalue weighted by molar-refractivity contribution is 0.608. The zero-order valence-electron chi connectivity index (χ0n) is 10.5. The van der Waals surface area contributed by atoms with Gasteiger partial charge in [0, 0.05) is 24.8 Å². The molecule has 3 nitrogen and oxygen atoms in total. The fraction of sp³-hybridized carbons (Fsp3) is 0.357. The minimum absolute atomic E-state index is 0.562.